The summed E-state index contributed by atoms with van der Waals surface area (Å²) in [7, 11) is 0. The molecule has 4 nitrogen and oxygen atoms in total. The van der Waals surface area contributed by atoms with Gasteiger partial charge in [-0.25, -0.2) is 0 Å². The molecule has 0 saturated carbocycles. The number of nitrogens with zero attached hydrogens (tertiary/aromatic N) is 1. The van der Waals surface area contributed by atoms with Gasteiger partial charge in [0.25, 0.3) is 0 Å². The number of anilines is 1. The van der Waals surface area contributed by atoms with Crippen LogP contribution < -0.4 is 10.2 Å². The van der Waals surface area contributed by atoms with Gasteiger partial charge in [0, 0.05) is 24.0 Å². The number of benzene rings is 1. The van der Waals surface area contributed by atoms with Crippen molar-refractivity contribution in [1.29, 1.82) is 0 Å². The minimum atomic E-state index is -0.264. The van der Waals surface area contributed by atoms with Crippen LogP contribution in [-0.4, -0.2) is 24.9 Å². The van der Waals surface area contributed by atoms with Gasteiger partial charge in [0.05, 0.1) is 11.6 Å². The minimum Gasteiger partial charge on any atom is -0.356 e. The monoisotopic (exact) mass is 366 g/mol. The zero-order valence-electron chi connectivity index (χ0n) is 13.4. The molecular formula is C17H23BrN2O2. The number of carbonyl (C=O) groups excluding carboxylic acids is 2. The summed E-state index contributed by atoms with van der Waals surface area (Å²) in [5.74, 6) is -0.283. The molecule has 1 saturated heterocycles. The molecule has 0 radical (unpaired) electrons. The van der Waals surface area contributed by atoms with Crippen molar-refractivity contribution >= 4 is 33.4 Å². The highest BCUT2D eigenvalue weighted by Gasteiger charge is 2.35. The molecule has 1 aromatic carbocycles. The highest BCUT2D eigenvalue weighted by atomic mass is 79.9. The van der Waals surface area contributed by atoms with Crippen LogP contribution in [0.15, 0.2) is 28.7 Å². The SMILES string of the molecule is CC(C)(C)CCNC(=O)C1CC(=O)N(c2ccccc2Br)C1. The van der Waals surface area contributed by atoms with Crippen LogP contribution in [0.5, 0.6) is 0 Å². The Morgan fingerprint density at radius 3 is 2.68 bits per heavy atom. The number of para-hydroxylation sites is 1. The lowest BCUT2D eigenvalue weighted by Gasteiger charge is -2.20. The Balaban J connectivity index is 1.95. The summed E-state index contributed by atoms with van der Waals surface area (Å²) in [6.07, 6.45) is 1.20. The second-order valence-corrected chi connectivity index (χ2v) is 7.81. The van der Waals surface area contributed by atoms with Crippen LogP contribution >= 0.6 is 15.9 Å². The van der Waals surface area contributed by atoms with Crippen LogP contribution in [0.25, 0.3) is 0 Å². The van der Waals surface area contributed by atoms with Crippen LogP contribution in [0.4, 0.5) is 5.69 Å². The fourth-order valence-electron chi connectivity index (χ4n) is 2.49. The number of nitrogens with one attached hydrogen (secondary N) is 1. The van der Waals surface area contributed by atoms with Gasteiger partial charge in [0.2, 0.25) is 11.8 Å². The zero-order valence-corrected chi connectivity index (χ0v) is 14.9. The average molecular weight is 367 g/mol. The molecule has 0 aliphatic carbocycles. The lowest BCUT2D eigenvalue weighted by molar-refractivity contribution is -0.126. The van der Waals surface area contributed by atoms with E-state index in [2.05, 4.69) is 42.0 Å². The van der Waals surface area contributed by atoms with Gasteiger partial charge in [0.15, 0.2) is 0 Å². The molecule has 22 heavy (non-hydrogen) atoms. The van der Waals surface area contributed by atoms with Gasteiger partial charge in [0.1, 0.15) is 0 Å². The van der Waals surface area contributed by atoms with E-state index in [1.54, 1.807) is 4.90 Å². The molecule has 1 aliphatic rings. The number of hydrogen-bond donors (Lipinski definition) is 1. The third kappa shape index (κ3) is 4.32. The molecule has 0 spiro atoms. The van der Waals surface area contributed by atoms with Crippen molar-refractivity contribution in [2.24, 2.45) is 11.3 Å². The van der Waals surface area contributed by atoms with Gasteiger partial charge in [-0.3, -0.25) is 9.59 Å². The van der Waals surface area contributed by atoms with Crippen LogP contribution in [0.2, 0.25) is 0 Å². The molecule has 1 aliphatic heterocycles. The molecule has 2 rings (SSSR count). The van der Waals surface area contributed by atoms with E-state index in [-0.39, 0.29) is 29.6 Å². The molecule has 1 aromatic rings. The van der Waals surface area contributed by atoms with Crippen molar-refractivity contribution in [3.05, 3.63) is 28.7 Å². The summed E-state index contributed by atoms with van der Waals surface area (Å²) in [5.41, 5.74) is 1.03. The first-order valence-corrected chi connectivity index (χ1v) is 8.40. The molecule has 1 fully saturated rings. The van der Waals surface area contributed by atoms with Gasteiger partial charge in [-0.2, -0.15) is 0 Å². The first-order chi connectivity index (χ1) is 10.3. The fraction of sp³-hybridized carbons (Fsp3) is 0.529. The maximum Gasteiger partial charge on any atom is 0.227 e. The highest BCUT2D eigenvalue weighted by Crippen LogP contribution is 2.31. The second-order valence-electron chi connectivity index (χ2n) is 6.96. The highest BCUT2D eigenvalue weighted by molar-refractivity contribution is 9.10. The lowest BCUT2D eigenvalue weighted by Crippen LogP contribution is -2.34. The lowest BCUT2D eigenvalue weighted by atomic mass is 9.92. The van der Waals surface area contributed by atoms with E-state index in [0.29, 0.717) is 13.1 Å². The van der Waals surface area contributed by atoms with E-state index in [0.717, 1.165) is 16.6 Å². The molecule has 2 amide bonds. The summed E-state index contributed by atoms with van der Waals surface area (Å²) in [6, 6.07) is 7.59. The van der Waals surface area contributed by atoms with Gasteiger partial charge < -0.3 is 10.2 Å². The van der Waals surface area contributed by atoms with Crippen molar-refractivity contribution in [3.63, 3.8) is 0 Å². The molecule has 1 unspecified atom stereocenters. The Morgan fingerprint density at radius 1 is 1.36 bits per heavy atom. The Morgan fingerprint density at radius 2 is 2.05 bits per heavy atom. The number of hydrogen-bond acceptors (Lipinski definition) is 2. The Labute approximate surface area is 140 Å². The van der Waals surface area contributed by atoms with Crippen LogP contribution in [0, 0.1) is 11.3 Å². The van der Waals surface area contributed by atoms with Crippen molar-refractivity contribution in [2.75, 3.05) is 18.0 Å². The summed E-state index contributed by atoms with van der Waals surface area (Å²) in [6.45, 7) is 7.54. The maximum atomic E-state index is 12.2. The normalized spacial score (nSPS) is 18.6. The third-order valence-electron chi connectivity index (χ3n) is 3.81. The number of rotatable bonds is 4. The summed E-state index contributed by atoms with van der Waals surface area (Å²) in [5, 5.41) is 2.96. The van der Waals surface area contributed by atoms with E-state index in [9.17, 15) is 9.59 Å². The first kappa shape index (κ1) is 17.0. The third-order valence-corrected chi connectivity index (χ3v) is 4.48. The van der Waals surface area contributed by atoms with Crippen LogP contribution in [0.3, 0.4) is 0 Å². The van der Waals surface area contributed by atoms with Gasteiger partial charge >= 0.3 is 0 Å². The summed E-state index contributed by atoms with van der Waals surface area (Å²) in [4.78, 5) is 26.1. The van der Waals surface area contributed by atoms with Crippen molar-refractivity contribution < 1.29 is 9.59 Å². The predicted molar refractivity (Wildman–Crippen MR) is 91.7 cm³/mol. The number of halogens is 1. The quantitative estimate of drug-likeness (QED) is 0.887. The standard InChI is InChI=1S/C17H23BrN2O2/c1-17(2,3)8-9-19-16(22)12-10-15(21)20(11-12)14-7-5-4-6-13(14)18/h4-7,12H,8-11H2,1-3H3,(H,19,22). The fourth-order valence-corrected chi connectivity index (χ4v) is 2.99. The molecule has 1 heterocycles. The van der Waals surface area contributed by atoms with E-state index in [1.165, 1.54) is 0 Å². The van der Waals surface area contributed by atoms with Crippen LogP contribution in [0.1, 0.15) is 33.6 Å². The first-order valence-electron chi connectivity index (χ1n) is 7.60. The Hall–Kier alpha value is -1.36. The molecule has 1 atom stereocenters. The Kier molecular flexibility index (Phi) is 5.27. The van der Waals surface area contributed by atoms with Crippen molar-refractivity contribution in [1.82, 2.24) is 5.32 Å². The predicted octanol–water partition coefficient (Wildman–Crippen LogP) is 3.35. The molecular weight excluding hydrogens is 344 g/mol. The second kappa shape index (κ2) is 6.82. The zero-order chi connectivity index (χ0) is 16.3. The average Bonchev–Trinajstić information content (AvgIpc) is 2.80. The number of carbonyl (C=O) groups is 2. The van der Waals surface area contributed by atoms with Gasteiger partial charge in [-0.05, 0) is 39.9 Å². The summed E-state index contributed by atoms with van der Waals surface area (Å²) < 4.78 is 0.872. The smallest absolute Gasteiger partial charge is 0.227 e. The van der Waals surface area contributed by atoms with Crippen LogP contribution in [-0.2, 0) is 9.59 Å². The molecule has 120 valence electrons. The molecule has 1 N–H and O–H groups in total. The Bertz CT molecular complexity index is 566. The van der Waals surface area contributed by atoms with Crippen molar-refractivity contribution in [3.8, 4) is 0 Å². The van der Waals surface area contributed by atoms with Gasteiger partial charge in [-0.1, -0.05) is 32.9 Å². The molecule has 5 heteroatoms. The molecule has 0 aromatic heterocycles. The van der Waals surface area contributed by atoms with E-state index in [4.69, 9.17) is 0 Å². The van der Waals surface area contributed by atoms with E-state index >= 15 is 0 Å². The summed E-state index contributed by atoms with van der Waals surface area (Å²) >= 11 is 3.46. The minimum absolute atomic E-state index is 0.00266. The topological polar surface area (TPSA) is 49.4 Å². The maximum absolute atomic E-state index is 12.2. The van der Waals surface area contributed by atoms with E-state index in [1.807, 2.05) is 24.3 Å². The van der Waals surface area contributed by atoms with Gasteiger partial charge in [-0.15, -0.1) is 0 Å². The number of amides is 2. The largest absolute Gasteiger partial charge is 0.356 e. The van der Waals surface area contributed by atoms with E-state index < -0.39 is 0 Å². The van der Waals surface area contributed by atoms with Crippen molar-refractivity contribution in [2.45, 2.75) is 33.6 Å². The molecule has 0 bridgehead atoms.